The number of hydrogen-bond acceptors (Lipinski definition) is 4. The van der Waals surface area contributed by atoms with Crippen LogP contribution in [-0.4, -0.2) is 36.5 Å². The molecule has 0 bridgehead atoms. The van der Waals surface area contributed by atoms with Crippen molar-refractivity contribution >= 4 is 17.9 Å². The molecule has 0 aromatic heterocycles. The molecule has 0 radical (unpaired) electrons. The van der Waals surface area contributed by atoms with E-state index in [0.717, 1.165) is 0 Å². The van der Waals surface area contributed by atoms with Crippen LogP contribution < -0.4 is 5.32 Å². The molecular formula is C21H22N2O4. The summed E-state index contributed by atoms with van der Waals surface area (Å²) in [5.74, 6) is -0.599. The third-order valence-electron chi connectivity index (χ3n) is 4.76. The van der Waals surface area contributed by atoms with E-state index in [0.29, 0.717) is 24.0 Å². The lowest BCUT2D eigenvalue weighted by Crippen LogP contribution is -2.45. The quantitative estimate of drug-likeness (QED) is 0.464. The number of ether oxygens (including phenoxy) is 1. The van der Waals surface area contributed by atoms with Crippen LogP contribution in [0.3, 0.4) is 0 Å². The minimum Gasteiger partial charge on any atom is -0.469 e. The molecule has 1 saturated heterocycles. The molecule has 6 nitrogen and oxygen atoms in total. The van der Waals surface area contributed by atoms with Crippen molar-refractivity contribution < 1.29 is 19.1 Å². The summed E-state index contributed by atoms with van der Waals surface area (Å²) in [6, 6.07) is 18.1. The number of rotatable bonds is 7. The first-order chi connectivity index (χ1) is 13.1. The zero-order valence-corrected chi connectivity index (χ0v) is 15.2. The number of carbonyl (C=O) groups is 3. The maximum absolute atomic E-state index is 13.4. The van der Waals surface area contributed by atoms with Gasteiger partial charge in [0.2, 0.25) is 0 Å². The van der Waals surface area contributed by atoms with Gasteiger partial charge in [0.05, 0.1) is 7.11 Å². The summed E-state index contributed by atoms with van der Waals surface area (Å²) in [5, 5.41) is 2.91. The van der Waals surface area contributed by atoms with Crippen LogP contribution in [0.15, 0.2) is 60.7 Å². The molecule has 1 aliphatic heterocycles. The number of nitrogens with one attached hydrogen (secondary N) is 1. The monoisotopic (exact) mass is 366 g/mol. The van der Waals surface area contributed by atoms with Gasteiger partial charge in [-0.2, -0.15) is 0 Å². The molecule has 0 unspecified atom stereocenters. The smallest absolute Gasteiger partial charge is 0.325 e. The summed E-state index contributed by atoms with van der Waals surface area (Å²) >= 11 is 0. The molecule has 0 atom stereocenters. The van der Waals surface area contributed by atoms with Crippen LogP contribution in [0, 0.1) is 0 Å². The van der Waals surface area contributed by atoms with Gasteiger partial charge in [-0.1, -0.05) is 60.7 Å². The van der Waals surface area contributed by atoms with Crippen LogP contribution in [-0.2, 0) is 19.9 Å². The van der Waals surface area contributed by atoms with Crippen molar-refractivity contribution in [2.24, 2.45) is 0 Å². The van der Waals surface area contributed by atoms with Crippen LogP contribution in [0.5, 0.6) is 0 Å². The molecule has 3 rings (SSSR count). The van der Waals surface area contributed by atoms with Gasteiger partial charge in [-0.05, 0) is 24.0 Å². The molecule has 1 aliphatic rings. The fourth-order valence-electron chi connectivity index (χ4n) is 3.35. The first kappa shape index (κ1) is 18.6. The highest BCUT2D eigenvalue weighted by Gasteiger charge is 2.53. The number of imide groups is 1. The number of urea groups is 1. The van der Waals surface area contributed by atoms with Crippen molar-refractivity contribution in [2.75, 3.05) is 13.7 Å². The second kappa shape index (κ2) is 8.03. The zero-order valence-electron chi connectivity index (χ0n) is 15.2. The third-order valence-corrected chi connectivity index (χ3v) is 4.76. The molecule has 2 aromatic carbocycles. The Balaban J connectivity index is 1.86. The van der Waals surface area contributed by atoms with E-state index in [1.54, 1.807) is 0 Å². The Hall–Kier alpha value is -3.15. The van der Waals surface area contributed by atoms with Crippen LogP contribution in [0.25, 0.3) is 0 Å². The predicted molar refractivity (Wildman–Crippen MR) is 99.8 cm³/mol. The molecule has 3 amide bonds. The van der Waals surface area contributed by atoms with Crippen LogP contribution in [0.2, 0.25) is 0 Å². The van der Waals surface area contributed by atoms with Crippen molar-refractivity contribution in [1.29, 1.82) is 0 Å². The predicted octanol–water partition coefficient (Wildman–Crippen LogP) is 2.83. The van der Waals surface area contributed by atoms with Gasteiger partial charge in [-0.25, -0.2) is 4.79 Å². The highest BCUT2D eigenvalue weighted by Crippen LogP contribution is 2.36. The normalized spacial score (nSPS) is 15.5. The average Bonchev–Trinajstić information content (AvgIpc) is 2.97. The third kappa shape index (κ3) is 3.56. The van der Waals surface area contributed by atoms with Gasteiger partial charge < -0.3 is 10.1 Å². The molecule has 140 valence electrons. The molecule has 0 aliphatic carbocycles. The molecule has 1 N–H and O–H groups in total. The van der Waals surface area contributed by atoms with E-state index >= 15 is 0 Å². The fraction of sp³-hybridized carbons (Fsp3) is 0.286. The van der Waals surface area contributed by atoms with Crippen molar-refractivity contribution in [3.05, 3.63) is 71.8 Å². The largest absolute Gasteiger partial charge is 0.469 e. The summed E-state index contributed by atoms with van der Waals surface area (Å²) in [6.45, 7) is 0.253. The van der Waals surface area contributed by atoms with Gasteiger partial charge in [0.15, 0.2) is 5.54 Å². The standard InChI is InChI=1S/C21H22N2O4/c1-27-18(24)14-8-9-15-23-19(25)21(22-20(23)26,16-10-4-2-5-11-16)17-12-6-3-7-13-17/h2-7,10-13H,8-9,14-15H2,1H3,(H,22,26). The number of benzene rings is 2. The lowest BCUT2D eigenvalue weighted by Gasteiger charge is -2.28. The number of carbonyl (C=O) groups excluding carboxylic acids is 3. The van der Waals surface area contributed by atoms with Gasteiger partial charge in [0.25, 0.3) is 5.91 Å². The average molecular weight is 366 g/mol. The fourth-order valence-corrected chi connectivity index (χ4v) is 3.35. The minimum atomic E-state index is -1.23. The van der Waals surface area contributed by atoms with E-state index in [9.17, 15) is 14.4 Å². The first-order valence-electron chi connectivity index (χ1n) is 8.91. The van der Waals surface area contributed by atoms with E-state index in [2.05, 4.69) is 10.1 Å². The molecular weight excluding hydrogens is 344 g/mol. The van der Waals surface area contributed by atoms with Gasteiger partial charge in [-0.3, -0.25) is 14.5 Å². The lowest BCUT2D eigenvalue weighted by atomic mass is 9.82. The van der Waals surface area contributed by atoms with E-state index in [1.807, 2.05) is 60.7 Å². The summed E-state index contributed by atoms with van der Waals surface area (Å²) in [5.41, 5.74) is 0.195. The highest BCUT2D eigenvalue weighted by molar-refractivity contribution is 6.09. The van der Waals surface area contributed by atoms with E-state index in [4.69, 9.17) is 0 Å². The SMILES string of the molecule is COC(=O)CCCCN1C(=O)NC(c2ccccc2)(c2ccccc2)C1=O. The highest BCUT2D eigenvalue weighted by atomic mass is 16.5. The summed E-state index contributed by atoms with van der Waals surface area (Å²) in [7, 11) is 1.34. The van der Waals surface area contributed by atoms with Gasteiger partial charge in [0.1, 0.15) is 0 Å². The molecule has 2 aromatic rings. The maximum atomic E-state index is 13.4. The molecule has 1 heterocycles. The number of esters is 1. The number of nitrogens with zero attached hydrogens (tertiary/aromatic N) is 1. The van der Waals surface area contributed by atoms with Gasteiger partial charge in [-0.15, -0.1) is 0 Å². The Bertz CT molecular complexity index is 781. The maximum Gasteiger partial charge on any atom is 0.325 e. The van der Waals surface area contributed by atoms with E-state index in [1.165, 1.54) is 12.0 Å². The Morgan fingerprint density at radius 1 is 0.963 bits per heavy atom. The van der Waals surface area contributed by atoms with Crippen molar-refractivity contribution in [3.63, 3.8) is 0 Å². The van der Waals surface area contributed by atoms with Crippen LogP contribution in [0.1, 0.15) is 30.4 Å². The number of hydrogen-bond donors (Lipinski definition) is 1. The number of methoxy groups -OCH3 is 1. The van der Waals surface area contributed by atoms with E-state index in [-0.39, 0.29) is 24.8 Å². The van der Waals surface area contributed by atoms with Crippen molar-refractivity contribution in [2.45, 2.75) is 24.8 Å². The molecule has 0 spiro atoms. The number of amides is 3. The van der Waals surface area contributed by atoms with Crippen molar-refractivity contribution in [3.8, 4) is 0 Å². The topological polar surface area (TPSA) is 75.7 Å². The summed E-state index contributed by atoms with van der Waals surface area (Å²) < 4.78 is 4.61. The minimum absolute atomic E-state index is 0.253. The van der Waals surface area contributed by atoms with Crippen LogP contribution >= 0.6 is 0 Å². The lowest BCUT2D eigenvalue weighted by molar-refractivity contribution is -0.140. The van der Waals surface area contributed by atoms with Crippen molar-refractivity contribution in [1.82, 2.24) is 10.2 Å². The Kier molecular flexibility index (Phi) is 5.54. The Morgan fingerprint density at radius 3 is 2.04 bits per heavy atom. The zero-order chi connectivity index (χ0) is 19.3. The van der Waals surface area contributed by atoms with Gasteiger partial charge >= 0.3 is 12.0 Å². The summed E-state index contributed by atoms with van der Waals surface area (Å²) in [4.78, 5) is 38.5. The molecule has 1 fully saturated rings. The first-order valence-corrected chi connectivity index (χ1v) is 8.91. The molecule has 27 heavy (non-hydrogen) atoms. The Morgan fingerprint density at radius 2 is 1.52 bits per heavy atom. The molecule has 6 heteroatoms. The van der Waals surface area contributed by atoms with Crippen LogP contribution in [0.4, 0.5) is 4.79 Å². The number of unbranched alkanes of at least 4 members (excludes halogenated alkanes) is 1. The second-order valence-corrected chi connectivity index (χ2v) is 6.40. The second-order valence-electron chi connectivity index (χ2n) is 6.40. The Labute approximate surface area is 158 Å². The summed E-state index contributed by atoms with van der Waals surface area (Å²) in [6.07, 6.45) is 1.35. The van der Waals surface area contributed by atoms with E-state index < -0.39 is 11.6 Å². The van der Waals surface area contributed by atoms with Gasteiger partial charge in [0, 0.05) is 13.0 Å². The molecule has 0 saturated carbocycles.